The van der Waals surface area contributed by atoms with Crippen LogP contribution in [-0.2, 0) is 10.2 Å². The van der Waals surface area contributed by atoms with Crippen molar-refractivity contribution in [2.24, 2.45) is 5.73 Å². The van der Waals surface area contributed by atoms with Crippen molar-refractivity contribution >= 4 is 23.5 Å². The molecule has 0 aliphatic heterocycles. The second-order valence-electron chi connectivity index (χ2n) is 8.98. The van der Waals surface area contributed by atoms with Crippen LogP contribution in [0.4, 0.5) is 11.6 Å². The minimum absolute atomic E-state index is 0.0237. The molecule has 32 heavy (non-hydrogen) atoms. The highest BCUT2D eigenvalue weighted by molar-refractivity contribution is 6.03. The van der Waals surface area contributed by atoms with E-state index < -0.39 is 11.8 Å². The molecule has 2 heterocycles. The Balaban J connectivity index is 1.52. The standard InChI is InChI=1S/C23H28N6O3/c1-12(2)29-20(24)18(21(25)30)19(27-29)15-7-5-14(6-8-15)13(3)22(31)26-17-11-16(32-28-17)23(4)9-10-23/h5-8,11-13H,9-10,24H2,1-4H3,(H2,25,30)(H,26,28,31). The normalized spacial score (nSPS) is 15.5. The van der Waals surface area contributed by atoms with Gasteiger partial charge < -0.3 is 21.3 Å². The molecule has 0 bridgehead atoms. The highest BCUT2D eigenvalue weighted by Crippen LogP contribution is 2.48. The first-order valence-electron chi connectivity index (χ1n) is 10.7. The molecule has 2 aromatic heterocycles. The maximum atomic E-state index is 12.7. The Kier molecular flexibility index (Phi) is 5.28. The van der Waals surface area contributed by atoms with Crippen LogP contribution in [0.5, 0.6) is 0 Å². The number of carbonyl (C=O) groups excluding carboxylic acids is 2. The van der Waals surface area contributed by atoms with Crippen molar-refractivity contribution < 1.29 is 14.1 Å². The van der Waals surface area contributed by atoms with E-state index in [4.69, 9.17) is 16.0 Å². The second kappa shape index (κ2) is 7.81. The average Bonchev–Trinajstić information content (AvgIpc) is 3.17. The molecule has 1 aliphatic carbocycles. The first-order chi connectivity index (χ1) is 15.1. The number of carbonyl (C=O) groups is 2. The highest BCUT2D eigenvalue weighted by atomic mass is 16.5. The summed E-state index contributed by atoms with van der Waals surface area (Å²) in [7, 11) is 0. The van der Waals surface area contributed by atoms with Crippen LogP contribution in [0.3, 0.4) is 0 Å². The molecule has 9 nitrogen and oxygen atoms in total. The molecule has 1 fully saturated rings. The Morgan fingerprint density at radius 1 is 1.19 bits per heavy atom. The number of nitrogens with one attached hydrogen (secondary N) is 1. The van der Waals surface area contributed by atoms with Crippen molar-refractivity contribution in [2.75, 3.05) is 11.1 Å². The molecular weight excluding hydrogens is 408 g/mol. The third-order valence-electron chi connectivity index (χ3n) is 6.12. The molecule has 2 amide bonds. The number of hydrogen-bond donors (Lipinski definition) is 3. The lowest BCUT2D eigenvalue weighted by Crippen LogP contribution is -2.19. The Bertz CT molecular complexity index is 1170. The van der Waals surface area contributed by atoms with Gasteiger partial charge >= 0.3 is 0 Å². The van der Waals surface area contributed by atoms with E-state index in [1.165, 1.54) is 0 Å². The summed E-state index contributed by atoms with van der Waals surface area (Å²) < 4.78 is 6.96. The van der Waals surface area contributed by atoms with Crippen LogP contribution in [0.25, 0.3) is 11.3 Å². The van der Waals surface area contributed by atoms with Gasteiger partial charge in [-0.15, -0.1) is 0 Å². The lowest BCUT2D eigenvalue weighted by molar-refractivity contribution is -0.117. The van der Waals surface area contributed by atoms with Crippen LogP contribution in [0.1, 0.15) is 74.2 Å². The summed E-state index contributed by atoms with van der Waals surface area (Å²) in [4.78, 5) is 24.7. The van der Waals surface area contributed by atoms with Crippen molar-refractivity contribution in [2.45, 2.75) is 57.9 Å². The molecule has 1 aromatic carbocycles. The first-order valence-corrected chi connectivity index (χ1v) is 10.7. The summed E-state index contributed by atoms with van der Waals surface area (Å²) in [6.45, 7) is 7.77. The fourth-order valence-corrected chi connectivity index (χ4v) is 3.65. The molecule has 1 saturated carbocycles. The minimum atomic E-state index is -0.631. The van der Waals surface area contributed by atoms with Gasteiger partial charge in [-0.05, 0) is 39.2 Å². The van der Waals surface area contributed by atoms with Gasteiger partial charge in [0, 0.05) is 23.1 Å². The summed E-state index contributed by atoms with van der Waals surface area (Å²) in [5.74, 6) is 0.219. The summed E-state index contributed by atoms with van der Waals surface area (Å²) in [6, 6.07) is 9.04. The summed E-state index contributed by atoms with van der Waals surface area (Å²) in [5, 5.41) is 11.3. The summed E-state index contributed by atoms with van der Waals surface area (Å²) in [6.07, 6.45) is 2.13. The zero-order chi connectivity index (χ0) is 23.2. The van der Waals surface area contributed by atoms with Crippen molar-refractivity contribution in [1.82, 2.24) is 14.9 Å². The monoisotopic (exact) mass is 436 g/mol. The van der Waals surface area contributed by atoms with E-state index in [9.17, 15) is 9.59 Å². The molecule has 1 atom stereocenters. The zero-order valence-corrected chi connectivity index (χ0v) is 18.7. The topological polar surface area (TPSA) is 142 Å². The molecule has 1 unspecified atom stereocenters. The van der Waals surface area contributed by atoms with E-state index in [-0.39, 0.29) is 28.7 Å². The molecule has 0 saturated heterocycles. The van der Waals surface area contributed by atoms with Crippen LogP contribution in [-0.4, -0.2) is 26.8 Å². The minimum Gasteiger partial charge on any atom is -0.383 e. The van der Waals surface area contributed by atoms with Gasteiger partial charge in [-0.1, -0.05) is 36.3 Å². The summed E-state index contributed by atoms with van der Waals surface area (Å²) >= 11 is 0. The van der Waals surface area contributed by atoms with Crippen molar-refractivity contribution in [3.8, 4) is 11.3 Å². The van der Waals surface area contributed by atoms with E-state index in [1.807, 2.05) is 32.9 Å². The largest absolute Gasteiger partial charge is 0.383 e. The quantitative estimate of drug-likeness (QED) is 0.516. The average molecular weight is 437 g/mol. The lowest BCUT2D eigenvalue weighted by Gasteiger charge is -2.11. The molecular formula is C23H28N6O3. The van der Waals surface area contributed by atoms with E-state index in [2.05, 4.69) is 22.5 Å². The molecule has 1 aliphatic rings. The zero-order valence-electron chi connectivity index (χ0n) is 18.7. The Labute approximate surface area is 186 Å². The molecule has 3 aromatic rings. The number of nitrogens with two attached hydrogens (primary N) is 2. The van der Waals surface area contributed by atoms with Crippen LogP contribution < -0.4 is 16.8 Å². The summed E-state index contributed by atoms with van der Waals surface area (Å²) in [5.41, 5.74) is 13.8. The number of nitrogen functional groups attached to an aromatic ring is 1. The van der Waals surface area contributed by atoms with Gasteiger partial charge in [0.2, 0.25) is 5.91 Å². The van der Waals surface area contributed by atoms with Gasteiger partial charge in [0.05, 0.1) is 5.92 Å². The SMILES string of the molecule is CC(C(=O)Nc1cc(C2(C)CC2)on1)c1ccc(-c2nn(C(C)C)c(N)c2C(N)=O)cc1. The fraction of sp³-hybridized carbons (Fsp3) is 0.391. The van der Waals surface area contributed by atoms with Crippen molar-refractivity contribution in [3.05, 3.63) is 47.2 Å². The predicted octanol–water partition coefficient (Wildman–Crippen LogP) is 3.59. The molecule has 0 spiro atoms. The van der Waals surface area contributed by atoms with Gasteiger partial charge in [0.25, 0.3) is 5.91 Å². The Morgan fingerprint density at radius 3 is 2.41 bits per heavy atom. The lowest BCUT2D eigenvalue weighted by atomic mass is 9.97. The van der Waals surface area contributed by atoms with Crippen LogP contribution in [0.15, 0.2) is 34.9 Å². The molecule has 5 N–H and O–H groups in total. The number of aromatic nitrogens is 3. The molecule has 0 radical (unpaired) electrons. The van der Waals surface area contributed by atoms with Crippen LogP contribution in [0, 0.1) is 0 Å². The number of hydrogen-bond acceptors (Lipinski definition) is 6. The van der Waals surface area contributed by atoms with Gasteiger partial charge in [-0.25, -0.2) is 4.68 Å². The second-order valence-corrected chi connectivity index (χ2v) is 8.98. The molecule has 9 heteroatoms. The van der Waals surface area contributed by atoms with Crippen molar-refractivity contribution in [1.29, 1.82) is 0 Å². The van der Waals surface area contributed by atoms with Gasteiger partial charge in [0.1, 0.15) is 22.8 Å². The Morgan fingerprint density at radius 2 is 1.84 bits per heavy atom. The van der Waals surface area contributed by atoms with Gasteiger partial charge in [-0.2, -0.15) is 5.10 Å². The number of benzene rings is 1. The predicted molar refractivity (Wildman–Crippen MR) is 121 cm³/mol. The fourth-order valence-electron chi connectivity index (χ4n) is 3.65. The van der Waals surface area contributed by atoms with E-state index in [0.717, 1.165) is 24.2 Å². The smallest absolute Gasteiger partial charge is 0.254 e. The third kappa shape index (κ3) is 3.86. The van der Waals surface area contributed by atoms with Crippen LogP contribution in [0.2, 0.25) is 0 Å². The van der Waals surface area contributed by atoms with Gasteiger partial charge in [0.15, 0.2) is 5.82 Å². The van der Waals surface area contributed by atoms with Crippen LogP contribution >= 0.6 is 0 Å². The maximum Gasteiger partial charge on any atom is 0.254 e. The number of anilines is 2. The number of rotatable bonds is 7. The first kappa shape index (κ1) is 21.6. The highest BCUT2D eigenvalue weighted by Gasteiger charge is 2.43. The molecule has 168 valence electrons. The third-order valence-corrected chi connectivity index (χ3v) is 6.12. The number of amides is 2. The maximum absolute atomic E-state index is 12.7. The van der Waals surface area contributed by atoms with E-state index in [1.54, 1.807) is 22.9 Å². The van der Waals surface area contributed by atoms with E-state index in [0.29, 0.717) is 17.1 Å². The van der Waals surface area contributed by atoms with Gasteiger partial charge in [-0.3, -0.25) is 9.59 Å². The number of primary amides is 1. The van der Waals surface area contributed by atoms with Crippen molar-refractivity contribution in [3.63, 3.8) is 0 Å². The molecule has 4 rings (SSSR count). The number of nitrogens with zero attached hydrogens (tertiary/aromatic N) is 3. The Hall–Kier alpha value is -3.62. The van der Waals surface area contributed by atoms with E-state index >= 15 is 0 Å².